The molecule has 5 heteroatoms. The molecule has 1 aliphatic rings. The van der Waals surface area contributed by atoms with E-state index >= 15 is 0 Å². The summed E-state index contributed by atoms with van der Waals surface area (Å²) in [6, 6.07) is 6.78. The van der Waals surface area contributed by atoms with E-state index in [0.29, 0.717) is 40.5 Å². The fourth-order valence-electron chi connectivity index (χ4n) is 1.80. The van der Waals surface area contributed by atoms with Crippen LogP contribution in [0.2, 0.25) is 0 Å². The highest BCUT2D eigenvalue weighted by molar-refractivity contribution is 9.10. The van der Waals surface area contributed by atoms with Crippen LogP contribution in [0.5, 0.6) is 11.5 Å². The summed E-state index contributed by atoms with van der Waals surface area (Å²) in [7, 11) is 0. The van der Waals surface area contributed by atoms with E-state index in [-0.39, 0.29) is 5.78 Å². The number of hydrogen-bond donors (Lipinski definition) is 0. The van der Waals surface area contributed by atoms with Gasteiger partial charge >= 0.3 is 0 Å². The summed E-state index contributed by atoms with van der Waals surface area (Å²) in [6.45, 7) is 1.04. The summed E-state index contributed by atoms with van der Waals surface area (Å²) < 4.78 is 16.4. The molecule has 0 bridgehead atoms. The van der Waals surface area contributed by atoms with E-state index in [1.807, 2.05) is 0 Å². The highest BCUT2D eigenvalue weighted by Gasteiger charge is 2.18. The van der Waals surface area contributed by atoms with Crippen molar-refractivity contribution in [3.63, 3.8) is 0 Å². The normalized spacial score (nSPS) is 13.4. The maximum Gasteiger partial charge on any atom is 0.197 e. The predicted molar refractivity (Wildman–Crippen MR) is 67.3 cm³/mol. The van der Waals surface area contributed by atoms with Crippen LogP contribution in [0.15, 0.2) is 39.6 Å². The Morgan fingerprint density at radius 2 is 1.89 bits per heavy atom. The third-order valence-corrected chi connectivity index (χ3v) is 3.28. The number of fused-ring (bicyclic) bond motifs is 1. The molecule has 2 aromatic rings. The van der Waals surface area contributed by atoms with E-state index in [1.54, 1.807) is 24.3 Å². The molecule has 0 radical (unpaired) electrons. The number of ether oxygens (including phenoxy) is 2. The van der Waals surface area contributed by atoms with Gasteiger partial charge in [-0.15, -0.1) is 0 Å². The van der Waals surface area contributed by atoms with E-state index in [2.05, 4.69) is 15.9 Å². The first kappa shape index (κ1) is 11.3. The molecule has 0 amide bonds. The molecule has 2 heterocycles. The molecule has 92 valence electrons. The minimum absolute atomic E-state index is 0.118. The Bertz CT molecular complexity index is 603. The second-order valence-electron chi connectivity index (χ2n) is 3.80. The molecule has 1 aromatic heterocycles. The third-order valence-electron chi connectivity index (χ3n) is 2.67. The minimum Gasteiger partial charge on any atom is -0.486 e. The molecule has 0 saturated heterocycles. The first-order valence-corrected chi connectivity index (χ1v) is 6.22. The van der Waals surface area contributed by atoms with Gasteiger partial charge in [0.05, 0.1) is 11.8 Å². The minimum atomic E-state index is -0.118. The van der Waals surface area contributed by atoms with Gasteiger partial charge in [0.1, 0.15) is 13.2 Å². The molecule has 0 saturated carbocycles. The maximum atomic E-state index is 12.2. The van der Waals surface area contributed by atoms with Gasteiger partial charge in [-0.1, -0.05) is 0 Å². The SMILES string of the molecule is O=C(c1ccc2c(c1)OCCO2)c1ccoc1Br. The second kappa shape index (κ2) is 4.49. The highest BCUT2D eigenvalue weighted by atomic mass is 79.9. The zero-order valence-corrected chi connectivity index (χ0v) is 10.9. The molecular formula is C13H9BrO4. The molecule has 18 heavy (non-hydrogen) atoms. The summed E-state index contributed by atoms with van der Waals surface area (Å²) in [6.07, 6.45) is 1.47. The van der Waals surface area contributed by atoms with E-state index in [0.717, 1.165) is 0 Å². The van der Waals surface area contributed by atoms with Crippen molar-refractivity contribution in [3.05, 3.63) is 46.3 Å². The number of furan rings is 1. The number of ketones is 1. The van der Waals surface area contributed by atoms with Gasteiger partial charge in [-0.2, -0.15) is 0 Å². The molecule has 0 N–H and O–H groups in total. The zero-order valence-electron chi connectivity index (χ0n) is 9.31. The quantitative estimate of drug-likeness (QED) is 0.800. The number of benzene rings is 1. The lowest BCUT2D eigenvalue weighted by Crippen LogP contribution is -2.15. The Hall–Kier alpha value is -1.75. The predicted octanol–water partition coefficient (Wildman–Crippen LogP) is 3.04. The maximum absolute atomic E-state index is 12.2. The van der Waals surface area contributed by atoms with Crippen LogP contribution in [0.25, 0.3) is 0 Å². The largest absolute Gasteiger partial charge is 0.486 e. The van der Waals surface area contributed by atoms with E-state index in [1.165, 1.54) is 6.26 Å². The van der Waals surface area contributed by atoms with Gasteiger partial charge < -0.3 is 13.9 Å². The molecular weight excluding hydrogens is 300 g/mol. The van der Waals surface area contributed by atoms with Crippen molar-refractivity contribution in [2.24, 2.45) is 0 Å². The Labute approximate surface area is 112 Å². The average molecular weight is 309 g/mol. The second-order valence-corrected chi connectivity index (χ2v) is 4.52. The standard InChI is InChI=1S/C13H9BrO4/c14-13-9(3-4-18-13)12(15)8-1-2-10-11(7-8)17-6-5-16-10/h1-4,7H,5-6H2. The first-order chi connectivity index (χ1) is 8.75. The Balaban J connectivity index is 1.98. The third kappa shape index (κ3) is 1.90. The van der Waals surface area contributed by atoms with E-state index < -0.39 is 0 Å². The number of rotatable bonds is 2. The summed E-state index contributed by atoms with van der Waals surface area (Å²) in [4.78, 5) is 12.2. The number of carbonyl (C=O) groups excluding carboxylic acids is 1. The van der Waals surface area contributed by atoms with Crippen molar-refractivity contribution < 1.29 is 18.7 Å². The van der Waals surface area contributed by atoms with Crippen molar-refractivity contribution in [3.8, 4) is 11.5 Å². The Morgan fingerprint density at radius 3 is 2.61 bits per heavy atom. The van der Waals surface area contributed by atoms with Crippen LogP contribution in [0.3, 0.4) is 0 Å². The number of halogens is 1. The topological polar surface area (TPSA) is 48.7 Å². The molecule has 1 aromatic carbocycles. The van der Waals surface area contributed by atoms with E-state index in [4.69, 9.17) is 13.9 Å². The fourth-order valence-corrected chi connectivity index (χ4v) is 2.22. The van der Waals surface area contributed by atoms with Gasteiger partial charge in [-0.05, 0) is 40.2 Å². The van der Waals surface area contributed by atoms with Crippen LogP contribution in [0.4, 0.5) is 0 Å². The van der Waals surface area contributed by atoms with Crippen molar-refractivity contribution in [2.45, 2.75) is 0 Å². The van der Waals surface area contributed by atoms with Gasteiger partial charge in [0.25, 0.3) is 0 Å². The summed E-state index contributed by atoms with van der Waals surface area (Å²) >= 11 is 3.20. The Kier molecular flexibility index (Phi) is 2.83. The molecule has 0 unspecified atom stereocenters. The molecule has 1 aliphatic heterocycles. The first-order valence-electron chi connectivity index (χ1n) is 5.43. The van der Waals surface area contributed by atoms with Gasteiger partial charge in [-0.3, -0.25) is 4.79 Å². The van der Waals surface area contributed by atoms with Crippen molar-refractivity contribution in [1.82, 2.24) is 0 Å². The monoisotopic (exact) mass is 308 g/mol. The van der Waals surface area contributed by atoms with Crippen LogP contribution in [0.1, 0.15) is 15.9 Å². The van der Waals surface area contributed by atoms with Gasteiger partial charge in [0.15, 0.2) is 22.0 Å². The molecule has 0 aliphatic carbocycles. The van der Waals surface area contributed by atoms with Crippen molar-refractivity contribution >= 4 is 21.7 Å². The number of carbonyl (C=O) groups is 1. The lowest BCUT2D eigenvalue weighted by atomic mass is 10.1. The summed E-state index contributed by atoms with van der Waals surface area (Å²) in [5, 5.41) is 0. The molecule has 0 spiro atoms. The lowest BCUT2D eigenvalue weighted by molar-refractivity contribution is 0.103. The molecule has 0 atom stereocenters. The van der Waals surface area contributed by atoms with Crippen LogP contribution in [0, 0.1) is 0 Å². The van der Waals surface area contributed by atoms with E-state index in [9.17, 15) is 4.79 Å². The average Bonchev–Trinajstić information content (AvgIpc) is 2.83. The van der Waals surface area contributed by atoms with Crippen molar-refractivity contribution in [1.29, 1.82) is 0 Å². The number of hydrogen-bond acceptors (Lipinski definition) is 4. The molecule has 3 rings (SSSR count). The fraction of sp³-hybridized carbons (Fsp3) is 0.154. The van der Waals surface area contributed by atoms with Crippen LogP contribution in [-0.2, 0) is 0 Å². The van der Waals surface area contributed by atoms with Crippen LogP contribution >= 0.6 is 15.9 Å². The zero-order chi connectivity index (χ0) is 12.5. The summed E-state index contributed by atoms with van der Waals surface area (Å²) in [5.41, 5.74) is 1.04. The van der Waals surface area contributed by atoms with Crippen LogP contribution in [-0.4, -0.2) is 19.0 Å². The summed E-state index contributed by atoms with van der Waals surface area (Å²) in [5.74, 6) is 1.16. The van der Waals surface area contributed by atoms with Gasteiger partial charge in [0, 0.05) is 5.56 Å². The molecule has 0 fully saturated rings. The Morgan fingerprint density at radius 1 is 1.11 bits per heavy atom. The smallest absolute Gasteiger partial charge is 0.197 e. The lowest BCUT2D eigenvalue weighted by Gasteiger charge is -2.18. The molecule has 4 nitrogen and oxygen atoms in total. The highest BCUT2D eigenvalue weighted by Crippen LogP contribution is 2.32. The van der Waals surface area contributed by atoms with Gasteiger partial charge in [-0.25, -0.2) is 0 Å². The van der Waals surface area contributed by atoms with Crippen molar-refractivity contribution in [2.75, 3.05) is 13.2 Å². The van der Waals surface area contributed by atoms with Crippen LogP contribution < -0.4 is 9.47 Å². The van der Waals surface area contributed by atoms with Gasteiger partial charge in [0.2, 0.25) is 0 Å².